The van der Waals surface area contributed by atoms with Crippen LogP contribution < -0.4 is 4.74 Å². The van der Waals surface area contributed by atoms with Crippen LogP contribution in [0.3, 0.4) is 0 Å². The van der Waals surface area contributed by atoms with Crippen molar-refractivity contribution >= 4 is 5.97 Å². The highest BCUT2D eigenvalue weighted by Crippen LogP contribution is 2.28. The molecule has 2 aromatic rings. The van der Waals surface area contributed by atoms with Crippen LogP contribution in [0.25, 0.3) is 11.3 Å². The molecule has 19 heavy (non-hydrogen) atoms. The van der Waals surface area contributed by atoms with Gasteiger partial charge >= 0.3 is 5.97 Å². The molecule has 0 aliphatic rings. The first-order valence-corrected chi connectivity index (χ1v) is 5.91. The SMILES string of the molecule is CC.COc1cc(O)cc(-c2ccc(C(=O)O)[nH]2)c1. The summed E-state index contributed by atoms with van der Waals surface area (Å²) in [5.74, 6) is -0.458. The van der Waals surface area contributed by atoms with Gasteiger partial charge in [-0.3, -0.25) is 0 Å². The van der Waals surface area contributed by atoms with Crippen LogP contribution in [-0.2, 0) is 0 Å². The second-order valence-corrected chi connectivity index (χ2v) is 3.51. The summed E-state index contributed by atoms with van der Waals surface area (Å²) in [6.07, 6.45) is 0. The Morgan fingerprint density at radius 3 is 2.42 bits per heavy atom. The fourth-order valence-corrected chi connectivity index (χ4v) is 1.54. The maximum absolute atomic E-state index is 10.7. The van der Waals surface area contributed by atoms with Crippen LogP contribution in [0.15, 0.2) is 30.3 Å². The summed E-state index contributed by atoms with van der Waals surface area (Å²) >= 11 is 0. The van der Waals surface area contributed by atoms with Crippen molar-refractivity contribution < 1.29 is 19.7 Å². The van der Waals surface area contributed by atoms with E-state index in [0.29, 0.717) is 17.0 Å². The lowest BCUT2D eigenvalue weighted by molar-refractivity contribution is 0.0691. The van der Waals surface area contributed by atoms with Gasteiger partial charge in [0, 0.05) is 17.3 Å². The average molecular weight is 263 g/mol. The molecule has 1 aromatic carbocycles. The molecular weight excluding hydrogens is 246 g/mol. The number of hydrogen-bond donors (Lipinski definition) is 3. The molecule has 0 fully saturated rings. The molecule has 5 nitrogen and oxygen atoms in total. The predicted molar refractivity (Wildman–Crippen MR) is 72.8 cm³/mol. The van der Waals surface area contributed by atoms with Gasteiger partial charge < -0.3 is 19.9 Å². The first-order chi connectivity index (χ1) is 9.10. The smallest absolute Gasteiger partial charge is 0.352 e. The van der Waals surface area contributed by atoms with Crippen LogP contribution in [0.2, 0.25) is 0 Å². The summed E-state index contributed by atoms with van der Waals surface area (Å²) in [5, 5.41) is 18.3. The normalized spacial score (nSPS) is 9.42. The molecule has 102 valence electrons. The van der Waals surface area contributed by atoms with Crippen molar-refractivity contribution in [1.29, 1.82) is 0 Å². The average Bonchev–Trinajstić information content (AvgIpc) is 2.90. The van der Waals surface area contributed by atoms with Gasteiger partial charge in [0.25, 0.3) is 0 Å². The number of aromatic carboxylic acids is 1. The third-order valence-corrected chi connectivity index (χ3v) is 2.35. The van der Waals surface area contributed by atoms with Gasteiger partial charge in [-0.2, -0.15) is 0 Å². The fraction of sp³-hybridized carbons (Fsp3) is 0.214. The molecule has 0 aliphatic carbocycles. The maximum Gasteiger partial charge on any atom is 0.352 e. The van der Waals surface area contributed by atoms with E-state index in [1.807, 2.05) is 13.8 Å². The number of phenols is 1. The topological polar surface area (TPSA) is 82.6 Å². The molecule has 3 N–H and O–H groups in total. The van der Waals surface area contributed by atoms with Gasteiger partial charge in [-0.15, -0.1) is 0 Å². The summed E-state index contributed by atoms with van der Waals surface area (Å²) in [6, 6.07) is 7.81. The van der Waals surface area contributed by atoms with Crippen molar-refractivity contribution in [3.05, 3.63) is 36.0 Å². The Bertz CT molecular complexity index is 560. The Morgan fingerprint density at radius 1 is 1.21 bits per heavy atom. The Balaban J connectivity index is 0.000000861. The number of H-pyrrole nitrogens is 1. The molecule has 0 atom stereocenters. The van der Waals surface area contributed by atoms with Gasteiger partial charge in [0.2, 0.25) is 0 Å². The summed E-state index contributed by atoms with van der Waals surface area (Å²) in [6.45, 7) is 4.00. The highest BCUT2D eigenvalue weighted by atomic mass is 16.5. The van der Waals surface area contributed by atoms with Crippen molar-refractivity contribution in [2.75, 3.05) is 7.11 Å². The lowest BCUT2D eigenvalue weighted by Gasteiger charge is -2.04. The zero-order valence-electron chi connectivity index (χ0n) is 11.1. The predicted octanol–water partition coefficient (Wildman–Crippen LogP) is 3.12. The van der Waals surface area contributed by atoms with Crippen LogP contribution in [0.4, 0.5) is 0 Å². The number of methoxy groups -OCH3 is 1. The van der Waals surface area contributed by atoms with Gasteiger partial charge in [0.1, 0.15) is 17.2 Å². The third kappa shape index (κ3) is 3.51. The van der Waals surface area contributed by atoms with E-state index in [1.54, 1.807) is 12.1 Å². The number of aromatic nitrogens is 1. The first-order valence-electron chi connectivity index (χ1n) is 5.91. The molecule has 0 spiro atoms. The zero-order valence-corrected chi connectivity index (χ0v) is 11.1. The van der Waals surface area contributed by atoms with Gasteiger partial charge in [-0.05, 0) is 24.3 Å². The highest BCUT2D eigenvalue weighted by molar-refractivity contribution is 5.87. The number of carboxylic acids is 1. The van der Waals surface area contributed by atoms with Crippen LogP contribution in [0.1, 0.15) is 24.3 Å². The highest BCUT2D eigenvalue weighted by Gasteiger charge is 2.09. The molecule has 1 heterocycles. The fourth-order valence-electron chi connectivity index (χ4n) is 1.54. The van der Waals surface area contributed by atoms with Crippen LogP contribution in [0, 0.1) is 0 Å². The molecule has 0 saturated carbocycles. The summed E-state index contributed by atoms with van der Waals surface area (Å²) < 4.78 is 5.02. The van der Waals surface area contributed by atoms with E-state index in [0.717, 1.165) is 0 Å². The van der Waals surface area contributed by atoms with Crippen molar-refractivity contribution in [2.24, 2.45) is 0 Å². The number of carbonyl (C=O) groups is 1. The zero-order chi connectivity index (χ0) is 14.4. The number of benzene rings is 1. The van der Waals surface area contributed by atoms with Gasteiger partial charge in [-0.1, -0.05) is 13.8 Å². The van der Waals surface area contributed by atoms with E-state index >= 15 is 0 Å². The van der Waals surface area contributed by atoms with E-state index in [-0.39, 0.29) is 11.4 Å². The largest absolute Gasteiger partial charge is 0.508 e. The minimum atomic E-state index is -1.02. The third-order valence-electron chi connectivity index (χ3n) is 2.35. The Labute approximate surface area is 111 Å². The molecule has 1 aromatic heterocycles. The Morgan fingerprint density at radius 2 is 1.89 bits per heavy atom. The van der Waals surface area contributed by atoms with Crippen molar-refractivity contribution in [2.45, 2.75) is 13.8 Å². The molecule has 0 radical (unpaired) electrons. The van der Waals surface area contributed by atoms with Crippen molar-refractivity contribution in [3.8, 4) is 22.8 Å². The van der Waals surface area contributed by atoms with E-state index in [2.05, 4.69) is 4.98 Å². The van der Waals surface area contributed by atoms with E-state index in [1.165, 1.54) is 25.3 Å². The molecule has 0 saturated heterocycles. The molecule has 0 aliphatic heterocycles. The number of carboxylic acid groups (broad SMARTS) is 1. The molecule has 0 unspecified atom stereocenters. The van der Waals surface area contributed by atoms with E-state index < -0.39 is 5.97 Å². The van der Waals surface area contributed by atoms with Gasteiger partial charge in [0.15, 0.2) is 0 Å². The monoisotopic (exact) mass is 263 g/mol. The molecule has 5 heteroatoms. The Kier molecular flexibility index (Phi) is 5.00. The summed E-state index contributed by atoms with van der Waals surface area (Å²) in [5.41, 5.74) is 1.37. The Hall–Kier alpha value is -2.43. The molecule has 2 rings (SSSR count). The molecule has 0 bridgehead atoms. The number of ether oxygens (including phenoxy) is 1. The second-order valence-electron chi connectivity index (χ2n) is 3.51. The molecular formula is C14H17NO4. The number of phenolic OH excluding ortho intramolecular Hbond substituents is 1. The minimum absolute atomic E-state index is 0.0609. The number of hydrogen-bond acceptors (Lipinski definition) is 3. The van der Waals surface area contributed by atoms with Crippen LogP contribution in [0.5, 0.6) is 11.5 Å². The lowest BCUT2D eigenvalue weighted by atomic mass is 10.1. The van der Waals surface area contributed by atoms with Crippen molar-refractivity contribution in [3.63, 3.8) is 0 Å². The number of nitrogens with one attached hydrogen (secondary N) is 1. The molecule has 0 amide bonds. The lowest BCUT2D eigenvalue weighted by Crippen LogP contribution is -1.95. The van der Waals surface area contributed by atoms with Crippen LogP contribution >= 0.6 is 0 Å². The van der Waals surface area contributed by atoms with Crippen LogP contribution in [-0.4, -0.2) is 28.3 Å². The standard InChI is InChI=1S/C12H11NO4.C2H6/c1-17-9-5-7(4-8(14)6-9)10-2-3-11(13-10)12(15)16;1-2/h2-6,13-14H,1H3,(H,15,16);1-2H3. The summed E-state index contributed by atoms with van der Waals surface area (Å²) in [7, 11) is 1.50. The number of aromatic hydroxyl groups is 1. The quantitative estimate of drug-likeness (QED) is 0.794. The van der Waals surface area contributed by atoms with E-state index in [9.17, 15) is 9.90 Å². The second kappa shape index (κ2) is 6.49. The summed E-state index contributed by atoms with van der Waals surface area (Å²) in [4.78, 5) is 13.5. The minimum Gasteiger partial charge on any atom is -0.508 e. The number of aromatic amines is 1. The first kappa shape index (κ1) is 14.6. The van der Waals surface area contributed by atoms with Crippen molar-refractivity contribution in [1.82, 2.24) is 4.98 Å². The van der Waals surface area contributed by atoms with Gasteiger partial charge in [0.05, 0.1) is 7.11 Å². The van der Waals surface area contributed by atoms with E-state index in [4.69, 9.17) is 9.84 Å². The maximum atomic E-state index is 10.7. The number of rotatable bonds is 3. The van der Waals surface area contributed by atoms with Gasteiger partial charge in [-0.25, -0.2) is 4.79 Å².